The Morgan fingerprint density at radius 3 is 2.89 bits per heavy atom. The van der Waals surface area contributed by atoms with Crippen molar-refractivity contribution in [2.24, 2.45) is 0 Å². The van der Waals surface area contributed by atoms with Crippen LogP contribution in [-0.2, 0) is 16.1 Å². The number of carbonyl (C=O) groups is 2. The van der Waals surface area contributed by atoms with Gasteiger partial charge >= 0.3 is 11.6 Å². The normalized spacial score (nSPS) is 16.5. The van der Waals surface area contributed by atoms with Crippen molar-refractivity contribution in [1.82, 2.24) is 4.90 Å². The molecular formula is C20H16BrNO6. The molecule has 3 heterocycles. The minimum absolute atomic E-state index is 0.0815. The van der Waals surface area contributed by atoms with Crippen LogP contribution in [0, 0.1) is 0 Å². The van der Waals surface area contributed by atoms with Crippen LogP contribution in [0.15, 0.2) is 60.8 Å². The average Bonchev–Trinajstić information content (AvgIpc) is 3.36. The highest BCUT2D eigenvalue weighted by Crippen LogP contribution is 2.24. The van der Waals surface area contributed by atoms with E-state index in [4.69, 9.17) is 13.6 Å². The maximum atomic E-state index is 12.6. The lowest BCUT2D eigenvalue weighted by Gasteiger charge is -2.22. The number of furan rings is 1. The monoisotopic (exact) mass is 445 g/mol. The Kier molecular flexibility index (Phi) is 5.04. The van der Waals surface area contributed by atoms with E-state index in [-0.39, 0.29) is 18.3 Å². The highest BCUT2D eigenvalue weighted by molar-refractivity contribution is 9.10. The molecule has 1 aliphatic rings. The van der Waals surface area contributed by atoms with Gasteiger partial charge in [-0.1, -0.05) is 15.9 Å². The summed E-state index contributed by atoms with van der Waals surface area (Å²) in [7, 11) is 0. The minimum Gasteiger partial charge on any atom is -0.459 e. The second-order valence-electron chi connectivity index (χ2n) is 6.47. The number of esters is 1. The lowest BCUT2D eigenvalue weighted by Crippen LogP contribution is -2.41. The topological polar surface area (TPSA) is 90.0 Å². The fourth-order valence-electron chi connectivity index (χ4n) is 3.36. The lowest BCUT2D eigenvalue weighted by molar-refractivity contribution is -0.149. The van der Waals surface area contributed by atoms with E-state index in [1.807, 2.05) is 6.07 Å². The summed E-state index contributed by atoms with van der Waals surface area (Å²) in [4.78, 5) is 38.4. The lowest BCUT2D eigenvalue weighted by atomic mass is 10.1. The number of fused-ring (bicyclic) bond motifs is 1. The molecule has 0 saturated carbocycles. The quantitative estimate of drug-likeness (QED) is 0.450. The molecule has 0 bridgehead atoms. The van der Waals surface area contributed by atoms with Gasteiger partial charge in [0.15, 0.2) is 5.76 Å². The van der Waals surface area contributed by atoms with Gasteiger partial charge in [-0.3, -0.25) is 4.79 Å². The molecule has 1 fully saturated rings. The molecule has 4 rings (SSSR count). The number of rotatable bonds is 4. The summed E-state index contributed by atoms with van der Waals surface area (Å²) in [5.74, 6) is -0.645. The first kappa shape index (κ1) is 18.5. The summed E-state index contributed by atoms with van der Waals surface area (Å²) in [6.45, 7) is 0.382. The summed E-state index contributed by atoms with van der Waals surface area (Å²) < 4.78 is 16.6. The zero-order valence-corrected chi connectivity index (χ0v) is 16.3. The molecule has 3 aromatic rings. The van der Waals surface area contributed by atoms with E-state index in [2.05, 4.69) is 15.9 Å². The Bertz CT molecular complexity index is 1090. The van der Waals surface area contributed by atoms with Crippen LogP contribution in [0.3, 0.4) is 0 Å². The molecule has 1 saturated heterocycles. The van der Waals surface area contributed by atoms with Crippen molar-refractivity contribution in [3.05, 3.63) is 68.9 Å². The molecule has 1 aromatic carbocycles. The predicted molar refractivity (Wildman–Crippen MR) is 103 cm³/mol. The molecule has 0 unspecified atom stereocenters. The third-order valence-corrected chi connectivity index (χ3v) is 5.17. The molecule has 28 heavy (non-hydrogen) atoms. The highest BCUT2D eigenvalue weighted by Gasteiger charge is 2.36. The van der Waals surface area contributed by atoms with Crippen LogP contribution >= 0.6 is 15.9 Å². The Labute approximate surface area is 168 Å². The molecule has 0 radical (unpaired) electrons. The van der Waals surface area contributed by atoms with Crippen LogP contribution in [0.25, 0.3) is 11.0 Å². The molecule has 7 nitrogen and oxygen atoms in total. The summed E-state index contributed by atoms with van der Waals surface area (Å²) >= 11 is 3.33. The number of hydrogen-bond donors (Lipinski definition) is 0. The van der Waals surface area contributed by atoms with Gasteiger partial charge in [0.2, 0.25) is 0 Å². The van der Waals surface area contributed by atoms with Gasteiger partial charge in [-0.2, -0.15) is 0 Å². The molecule has 1 atom stereocenters. The molecule has 8 heteroatoms. The van der Waals surface area contributed by atoms with Gasteiger partial charge in [0, 0.05) is 28.0 Å². The van der Waals surface area contributed by atoms with Crippen molar-refractivity contribution in [2.75, 3.05) is 6.54 Å². The molecule has 2 aromatic heterocycles. The van der Waals surface area contributed by atoms with Gasteiger partial charge in [0.25, 0.3) is 5.91 Å². The Hall–Kier alpha value is -2.87. The van der Waals surface area contributed by atoms with Gasteiger partial charge < -0.3 is 18.5 Å². The average molecular weight is 446 g/mol. The van der Waals surface area contributed by atoms with E-state index in [0.717, 1.165) is 4.47 Å². The summed E-state index contributed by atoms with van der Waals surface area (Å²) in [5.41, 5.74) is 0.435. The van der Waals surface area contributed by atoms with Crippen molar-refractivity contribution < 1.29 is 23.2 Å². The zero-order chi connectivity index (χ0) is 19.7. The highest BCUT2D eigenvalue weighted by atomic mass is 79.9. The fourth-order valence-corrected chi connectivity index (χ4v) is 3.70. The minimum atomic E-state index is -0.668. The third kappa shape index (κ3) is 3.60. The smallest absolute Gasteiger partial charge is 0.336 e. The number of benzene rings is 1. The Morgan fingerprint density at radius 2 is 2.11 bits per heavy atom. The van der Waals surface area contributed by atoms with Crippen molar-refractivity contribution in [1.29, 1.82) is 0 Å². The van der Waals surface area contributed by atoms with Gasteiger partial charge in [-0.25, -0.2) is 9.59 Å². The number of halogens is 1. The van der Waals surface area contributed by atoms with Gasteiger partial charge in [-0.15, -0.1) is 0 Å². The zero-order valence-electron chi connectivity index (χ0n) is 14.7. The number of nitrogens with zero attached hydrogens (tertiary/aromatic N) is 1. The summed E-state index contributed by atoms with van der Waals surface area (Å²) in [6.07, 6.45) is 2.65. The second-order valence-corrected chi connectivity index (χ2v) is 7.39. The molecule has 144 valence electrons. The standard InChI is InChI=1S/C20H16BrNO6/c21-13-5-6-14-12(9-18(23)28-17(14)10-13)11-27-20(25)15-3-1-7-22(15)19(24)16-4-2-8-26-16/h2,4-6,8-10,15H,1,3,7,11H2/t15-/m0/s1. The van der Waals surface area contributed by atoms with Crippen LogP contribution in [0.5, 0.6) is 0 Å². The largest absolute Gasteiger partial charge is 0.459 e. The van der Waals surface area contributed by atoms with Crippen molar-refractivity contribution in [2.45, 2.75) is 25.5 Å². The van der Waals surface area contributed by atoms with Crippen LogP contribution in [0.4, 0.5) is 0 Å². The molecule has 0 aliphatic carbocycles. The molecule has 0 spiro atoms. The first-order chi connectivity index (χ1) is 13.5. The van der Waals surface area contributed by atoms with Crippen LogP contribution < -0.4 is 5.63 Å². The van der Waals surface area contributed by atoms with Gasteiger partial charge in [-0.05, 0) is 43.2 Å². The predicted octanol–water partition coefficient (Wildman–Crippen LogP) is 3.50. The van der Waals surface area contributed by atoms with Crippen LogP contribution in [0.1, 0.15) is 29.0 Å². The first-order valence-corrected chi connectivity index (χ1v) is 9.55. The van der Waals surface area contributed by atoms with E-state index in [1.54, 1.807) is 24.3 Å². The first-order valence-electron chi connectivity index (χ1n) is 8.76. The van der Waals surface area contributed by atoms with E-state index in [9.17, 15) is 14.4 Å². The SMILES string of the molecule is O=C(OCc1cc(=O)oc2cc(Br)ccc12)[C@@H]1CCCN1C(=O)c1ccco1. The van der Waals surface area contributed by atoms with Crippen molar-refractivity contribution in [3.63, 3.8) is 0 Å². The van der Waals surface area contributed by atoms with E-state index in [1.165, 1.54) is 17.2 Å². The van der Waals surface area contributed by atoms with Gasteiger partial charge in [0.1, 0.15) is 18.2 Å². The number of amides is 1. The number of carbonyl (C=O) groups excluding carboxylic acids is 2. The molecule has 0 N–H and O–H groups in total. The Morgan fingerprint density at radius 1 is 1.25 bits per heavy atom. The van der Waals surface area contributed by atoms with Gasteiger partial charge in [0.05, 0.1) is 6.26 Å². The summed E-state index contributed by atoms with van der Waals surface area (Å²) in [5, 5.41) is 0.686. The van der Waals surface area contributed by atoms with E-state index < -0.39 is 17.6 Å². The van der Waals surface area contributed by atoms with Crippen molar-refractivity contribution >= 4 is 38.8 Å². The maximum absolute atomic E-state index is 12.6. The Balaban J connectivity index is 1.51. The van der Waals surface area contributed by atoms with Crippen LogP contribution in [-0.4, -0.2) is 29.4 Å². The molecular weight excluding hydrogens is 430 g/mol. The molecule has 1 amide bonds. The number of ether oxygens (including phenoxy) is 1. The summed E-state index contributed by atoms with van der Waals surface area (Å²) in [6, 6.07) is 9.12. The molecule has 1 aliphatic heterocycles. The van der Waals surface area contributed by atoms with E-state index in [0.29, 0.717) is 35.9 Å². The number of likely N-dealkylation sites (tertiary alicyclic amines) is 1. The van der Waals surface area contributed by atoms with E-state index >= 15 is 0 Å². The fraction of sp³-hybridized carbons (Fsp3) is 0.250. The second kappa shape index (κ2) is 7.63. The van der Waals surface area contributed by atoms with Crippen molar-refractivity contribution in [3.8, 4) is 0 Å². The van der Waals surface area contributed by atoms with Crippen LogP contribution in [0.2, 0.25) is 0 Å². The number of hydrogen-bond acceptors (Lipinski definition) is 6. The third-order valence-electron chi connectivity index (χ3n) is 4.68. The maximum Gasteiger partial charge on any atom is 0.336 e.